The first-order valence-corrected chi connectivity index (χ1v) is 10.6. The maximum atomic E-state index is 15.5. The van der Waals surface area contributed by atoms with Gasteiger partial charge in [-0.05, 0) is 38.0 Å². The van der Waals surface area contributed by atoms with Crippen molar-refractivity contribution in [3.8, 4) is 11.5 Å². The van der Waals surface area contributed by atoms with E-state index in [2.05, 4.69) is 15.6 Å². The number of morpholine rings is 1. The number of rotatable bonds is 2. The predicted octanol–water partition coefficient (Wildman–Crippen LogP) is 1.93. The number of carbonyl (C=O) groups excluding carboxylic acids is 3. The highest BCUT2D eigenvalue weighted by Gasteiger charge is 2.63. The molecule has 1 aromatic heterocycles. The Hall–Kier alpha value is -3.27. The van der Waals surface area contributed by atoms with Crippen LogP contribution in [0.1, 0.15) is 32.0 Å². The number of imide groups is 2. The van der Waals surface area contributed by atoms with Gasteiger partial charge in [-0.2, -0.15) is 0 Å². The number of halogens is 1. The fourth-order valence-electron chi connectivity index (χ4n) is 5.26. The Kier molecular flexibility index (Phi) is 4.59. The van der Waals surface area contributed by atoms with Crippen molar-refractivity contribution in [3.63, 3.8) is 0 Å². The summed E-state index contributed by atoms with van der Waals surface area (Å²) in [5, 5.41) is 4.44. The summed E-state index contributed by atoms with van der Waals surface area (Å²) in [5.74, 6) is -1.67. The molecule has 2 N–H and O–H groups in total. The molecule has 168 valence electrons. The Balaban J connectivity index is 1.70. The highest BCUT2D eigenvalue weighted by Crippen LogP contribution is 2.48. The van der Waals surface area contributed by atoms with Gasteiger partial charge in [0.05, 0.1) is 29.6 Å². The van der Waals surface area contributed by atoms with E-state index in [9.17, 15) is 14.4 Å². The molecule has 0 aliphatic carbocycles. The number of ether oxygens (including phenoxy) is 1. The minimum atomic E-state index is -1.66. The summed E-state index contributed by atoms with van der Waals surface area (Å²) in [5.41, 5.74) is 0.280. The molecule has 4 heterocycles. The van der Waals surface area contributed by atoms with Crippen molar-refractivity contribution in [3.05, 3.63) is 35.5 Å². The third-order valence-corrected chi connectivity index (χ3v) is 6.51. The standard InChI is InChI=1S/C22H23FN4O5/c1-4-14-9-31-18(24-14)12-5-13-7-22(19(28)25-21(30)26-20(22)29)17-11(3)32-10(2)8-27(17)16(13)15(23)6-12/h5-6,9-11,17H,4,7-8H2,1-3H3,(H2,25,26,28,29,30)/t10-,11+,17-/m1/s1. The first kappa shape index (κ1) is 20.6. The average Bonchev–Trinajstić information content (AvgIpc) is 3.20. The number of barbiturate groups is 1. The summed E-state index contributed by atoms with van der Waals surface area (Å²) in [7, 11) is 0. The summed E-state index contributed by atoms with van der Waals surface area (Å²) < 4.78 is 27.0. The lowest BCUT2D eigenvalue weighted by Crippen LogP contribution is -2.75. The first-order chi connectivity index (χ1) is 15.2. The highest BCUT2D eigenvalue weighted by molar-refractivity contribution is 6.20. The number of nitrogens with zero attached hydrogens (tertiary/aromatic N) is 2. The molecule has 9 nitrogen and oxygen atoms in total. The van der Waals surface area contributed by atoms with Gasteiger partial charge in [0.15, 0.2) is 5.41 Å². The van der Waals surface area contributed by atoms with Gasteiger partial charge in [0.1, 0.15) is 12.1 Å². The molecule has 0 unspecified atom stereocenters. The number of carbonyl (C=O) groups is 3. The zero-order valence-electron chi connectivity index (χ0n) is 17.9. The number of amides is 4. The van der Waals surface area contributed by atoms with E-state index in [1.54, 1.807) is 17.9 Å². The number of urea groups is 1. The molecule has 2 saturated heterocycles. The third kappa shape index (κ3) is 2.85. The van der Waals surface area contributed by atoms with Crippen LogP contribution in [0.5, 0.6) is 0 Å². The second-order valence-electron chi connectivity index (χ2n) is 8.60. The van der Waals surface area contributed by atoms with Gasteiger partial charge >= 0.3 is 6.03 Å². The molecule has 2 aromatic rings. The fourth-order valence-corrected chi connectivity index (χ4v) is 5.26. The maximum absolute atomic E-state index is 15.5. The molecule has 10 heteroatoms. The second kappa shape index (κ2) is 7.13. The van der Waals surface area contributed by atoms with E-state index in [1.807, 2.05) is 13.8 Å². The highest BCUT2D eigenvalue weighted by atomic mass is 19.1. The number of nitrogens with one attached hydrogen (secondary N) is 2. The molecule has 3 atom stereocenters. The molecular weight excluding hydrogens is 419 g/mol. The lowest BCUT2D eigenvalue weighted by molar-refractivity contribution is -0.153. The van der Waals surface area contributed by atoms with Crippen LogP contribution in [-0.2, 0) is 27.2 Å². The Morgan fingerprint density at radius 1 is 1.22 bits per heavy atom. The quantitative estimate of drug-likeness (QED) is 0.683. The Morgan fingerprint density at radius 3 is 2.59 bits per heavy atom. The van der Waals surface area contributed by atoms with E-state index in [-0.39, 0.29) is 25.0 Å². The van der Waals surface area contributed by atoms with Crippen LogP contribution in [0.4, 0.5) is 14.9 Å². The second-order valence-corrected chi connectivity index (χ2v) is 8.60. The Labute approximate surface area is 183 Å². The van der Waals surface area contributed by atoms with Crippen LogP contribution in [-0.4, -0.2) is 47.6 Å². The summed E-state index contributed by atoms with van der Waals surface area (Å²) >= 11 is 0. The number of aromatic nitrogens is 1. The number of hydrogen-bond donors (Lipinski definition) is 2. The zero-order valence-corrected chi connectivity index (χ0v) is 17.9. The van der Waals surface area contributed by atoms with Gasteiger partial charge in [-0.15, -0.1) is 0 Å². The van der Waals surface area contributed by atoms with Crippen molar-refractivity contribution in [2.75, 3.05) is 11.4 Å². The number of anilines is 1. The molecule has 1 aromatic carbocycles. The first-order valence-electron chi connectivity index (χ1n) is 10.6. The number of fused-ring (bicyclic) bond motifs is 4. The van der Waals surface area contributed by atoms with Gasteiger partial charge < -0.3 is 14.1 Å². The van der Waals surface area contributed by atoms with Crippen LogP contribution in [0.2, 0.25) is 0 Å². The van der Waals surface area contributed by atoms with Gasteiger partial charge in [0.25, 0.3) is 0 Å². The maximum Gasteiger partial charge on any atom is 0.328 e. The van der Waals surface area contributed by atoms with E-state index in [1.165, 1.54) is 12.3 Å². The van der Waals surface area contributed by atoms with E-state index < -0.39 is 41.2 Å². The van der Waals surface area contributed by atoms with Crippen LogP contribution in [0.15, 0.2) is 22.8 Å². The summed E-state index contributed by atoms with van der Waals surface area (Å²) in [4.78, 5) is 44.2. The number of benzene rings is 1. The molecule has 2 fully saturated rings. The van der Waals surface area contributed by atoms with Gasteiger partial charge in [0.2, 0.25) is 17.7 Å². The minimum Gasteiger partial charge on any atom is -0.444 e. The zero-order chi connectivity index (χ0) is 22.8. The smallest absolute Gasteiger partial charge is 0.328 e. The van der Waals surface area contributed by atoms with E-state index in [0.29, 0.717) is 23.2 Å². The van der Waals surface area contributed by atoms with Crippen molar-refractivity contribution in [2.24, 2.45) is 5.41 Å². The monoisotopic (exact) mass is 442 g/mol. The van der Waals surface area contributed by atoms with Crippen LogP contribution in [0.3, 0.4) is 0 Å². The molecule has 3 aliphatic heterocycles. The average molecular weight is 442 g/mol. The van der Waals surface area contributed by atoms with Crippen molar-refractivity contribution >= 4 is 23.5 Å². The Morgan fingerprint density at radius 2 is 1.94 bits per heavy atom. The molecule has 0 bridgehead atoms. The fraction of sp³-hybridized carbons (Fsp3) is 0.455. The van der Waals surface area contributed by atoms with Gasteiger partial charge in [0, 0.05) is 18.5 Å². The molecule has 3 aliphatic rings. The predicted molar refractivity (Wildman–Crippen MR) is 110 cm³/mol. The normalized spacial score (nSPS) is 26.4. The van der Waals surface area contributed by atoms with E-state index >= 15 is 4.39 Å². The van der Waals surface area contributed by atoms with Crippen molar-refractivity contribution in [1.82, 2.24) is 15.6 Å². The topological polar surface area (TPSA) is 114 Å². The molecule has 32 heavy (non-hydrogen) atoms. The molecule has 0 saturated carbocycles. The Bertz CT molecular complexity index is 1130. The van der Waals surface area contributed by atoms with Gasteiger partial charge in [-0.1, -0.05) is 6.92 Å². The lowest BCUT2D eigenvalue weighted by atomic mass is 9.66. The summed E-state index contributed by atoms with van der Waals surface area (Å²) in [6, 6.07) is 1.40. The SMILES string of the molecule is CCc1coc(-c2cc(F)c3c(c2)CC2(C(=O)NC(=O)NC2=O)[C@H]2[C@H](C)O[C@H](C)CN32)n1. The van der Waals surface area contributed by atoms with Crippen LogP contribution in [0, 0.1) is 11.2 Å². The van der Waals surface area contributed by atoms with Crippen LogP contribution in [0.25, 0.3) is 11.5 Å². The van der Waals surface area contributed by atoms with Gasteiger partial charge in [-0.25, -0.2) is 14.2 Å². The van der Waals surface area contributed by atoms with Crippen molar-refractivity contribution in [2.45, 2.75) is 51.9 Å². The number of oxazole rings is 1. The van der Waals surface area contributed by atoms with E-state index in [0.717, 1.165) is 5.69 Å². The summed E-state index contributed by atoms with van der Waals surface area (Å²) in [6.45, 7) is 5.82. The van der Waals surface area contributed by atoms with Crippen molar-refractivity contribution < 1.29 is 27.9 Å². The molecule has 4 amide bonds. The number of hydrogen-bond acceptors (Lipinski definition) is 7. The van der Waals surface area contributed by atoms with Gasteiger partial charge in [-0.3, -0.25) is 20.2 Å². The third-order valence-electron chi connectivity index (χ3n) is 6.51. The van der Waals surface area contributed by atoms with Crippen molar-refractivity contribution in [1.29, 1.82) is 0 Å². The van der Waals surface area contributed by atoms with Crippen LogP contribution < -0.4 is 15.5 Å². The minimum absolute atomic E-state index is 0.0946. The summed E-state index contributed by atoms with van der Waals surface area (Å²) in [6.07, 6.45) is 1.28. The largest absolute Gasteiger partial charge is 0.444 e. The van der Waals surface area contributed by atoms with Crippen LogP contribution >= 0.6 is 0 Å². The lowest BCUT2D eigenvalue weighted by Gasteiger charge is -2.55. The molecule has 5 rings (SSSR count). The molecule has 0 radical (unpaired) electrons. The molecule has 1 spiro atoms. The molecular formula is C22H23FN4O5. The van der Waals surface area contributed by atoms with E-state index in [4.69, 9.17) is 9.15 Å². The number of aryl methyl sites for hydroxylation is 1.